The van der Waals surface area contributed by atoms with Crippen LogP contribution in [0.2, 0.25) is 0 Å². The van der Waals surface area contributed by atoms with Crippen molar-refractivity contribution in [2.45, 2.75) is 45.8 Å². The second-order valence-corrected chi connectivity index (χ2v) is 5.95. The van der Waals surface area contributed by atoms with E-state index in [0.717, 1.165) is 0 Å². The highest BCUT2D eigenvalue weighted by Crippen LogP contribution is 2.29. The largest absolute Gasteiger partial charge is 0.326 e. The number of nitrogens with zero attached hydrogens (tertiary/aromatic N) is 1. The third kappa shape index (κ3) is 3.06. The number of hydrogen-bond acceptors (Lipinski definition) is 3. The number of hydrogen-bond donors (Lipinski definition) is 1. The molecule has 16 heavy (non-hydrogen) atoms. The van der Waals surface area contributed by atoms with Gasteiger partial charge < -0.3 is 5.73 Å². The quantitative estimate of drug-likeness (QED) is 0.857. The molecule has 0 radical (unpaired) electrons. The Balaban J connectivity index is 2.87. The van der Waals surface area contributed by atoms with Crippen molar-refractivity contribution in [2.75, 3.05) is 7.05 Å². The Labute approximate surface area is 103 Å². The first kappa shape index (κ1) is 13.7. The zero-order valence-corrected chi connectivity index (χ0v) is 11.8. The SMILES string of the molecule is CC(C)C(C)N(C)C(c1cccs1)C(C)N. The van der Waals surface area contributed by atoms with Gasteiger partial charge in [0.1, 0.15) is 0 Å². The first-order chi connectivity index (χ1) is 7.45. The zero-order chi connectivity index (χ0) is 12.3. The first-order valence-corrected chi connectivity index (χ1v) is 6.84. The smallest absolute Gasteiger partial charge is 0.0590 e. The molecule has 2 nitrogen and oxygen atoms in total. The van der Waals surface area contributed by atoms with E-state index in [9.17, 15) is 0 Å². The summed E-state index contributed by atoms with van der Waals surface area (Å²) in [6.45, 7) is 8.88. The summed E-state index contributed by atoms with van der Waals surface area (Å²) in [6.07, 6.45) is 0. The van der Waals surface area contributed by atoms with Crippen molar-refractivity contribution >= 4 is 11.3 Å². The van der Waals surface area contributed by atoms with E-state index in [2.05, 4.69) is 57.2 Å². The van der Waals surface area contributed by atoms with Crippen LogP contribution in [0.1, 0.15) is 38.6 Å². The Morgan fingerprint density at radius 1 is 1.25 bits per heavy atom. The summed E-state index contributed by atoms with van der Waals surface area (Å²) in [6, 6.07) is 5.31. The Morgan fingerprint density at radius 3 is 2.25 bits per heavy atom. The maximum Gasteiger partial charge on any atom is 0.0590 e. The van der Waals surface area contributed by atoms with Gasteiger partial charge in [-0.15, -0.1) is 11.3 Å². The number of rotatable bonds is 5. The first-order valence-electron chi connectivity index (χ1n) is 5.96. The van der Waals surface area contributed by atoms with E-state index in [1.165, 1.54) is 4.88 Å². The predicted molar refractivity (Wildman–Crippen MR) is 72.8 cm³/mol. The van der Waals surface area contributed by atoms with E-state index >= 15 is 0 Å². The molecular formula is C13H24N2S. The van der Waals surface area contributed by atoms with Crippen molar-refractivity contribution < 1.29 is 0 Å². The van der Waals surface area contributed by atoms with Crippen LogP contribution in [0.25, 0.3) is 0 Å². The number of nitrogens with two attached hydrogens (primary N) is 1. The fraction of sp³-hybridized carbons (Fsp3) is 0.692. The summed E-state index contributed by atoms with van der Waals surface area (Å²) in [5.74, 6) is 0.645. The van der Waals surface area contributed by atoms with E-state index in [1.807, 2.05) is 0 Å². The molecule has 0 saturated carbocycles. The van der Waals surface area contributed by atoms with E-state index < -0.39 is 0 Å². The minimum atomic E-state index is 0.157. The van der Waals surface area contributed by atoms with Crippen molar-refractivity contribution in [1.29, 1.82) is 0 Å². The molecule has 0 bridgehead atoms. The van der Waals surface area contributed by atoms with Crippen LogP contribution in [0.5, 0.6) is 0 Å². The average Bonchev–Trinajstić information content (AvgIpc) is 2.69. The molecule has 0 aliphatic heterocycles. The molecule has 0 aromatic carbocycles. The van der Waals surface area contributed by atoms with Crippen LogP contribution in [0.3, 0.4) is 0 Å². The summed E-state index contributed by atoms with van der Waals surface area (Å²) in [7, 11) is 2.18. The molecule has 0 amide bonds. The highest BCUT2D eigenvalue weighted by Gasteiger charge is 2.26. The van der Waals surface area contributed by atoms with Crippen molar-refractivity contribution in [3.8, 4) is 0 Å². The molecule has 3 atom stereocenters. The molecule has 2 N–H and O–H groups in total. The van der Waals surface area contributed by atoms with Crippen LogP contribution in [-0.2, 0) is 0 Å². The zero-order valence-electron chi connectivity index (χ0n) is 11.0. The van der Waals surface area contributed by atoms with Gasteiger partial charge in [-0.05, 0) is 38.3 Å². The molecule has 0 aliphatic carbocycles. The highest BCUT2D eigenvalue weighted by atomic mass is 32.1. The standard InChI is InChI=1S/C13H24N2S/c1-9(2)11(4)15(5)13(10(3)14)12-7-6-8-16-12/h6-11,13H,14H2,1-5H3. The number of likely N-dealkylation sites (N-methyl/N-ethyl adjacent to an activating group) is 1. The lowest BCUT2D eigenvalue weighted by Gasteiger charge is -2.36. The lowest BCUT2D eigenvalue weighted by atomic mass is 10.00. The minimum Gasteiger partial charge on any atom is -0.326 e. The Hall–Kier alpha value is -0.380. The van der Waals surface area contributed by atoms with Crippen LogP contribution >= 0.6 is 11.3 Å². The molecule has 0 saturated heterocycles. The van der Waals surface area contributed by atoms with Crippen LogP contribution in [0.15, 0.2) is 17.5 Å². The summed E-state index contributed by atoms with van der Waals surface area (Å²) < 4.78 is 0. The molecule has 1 aromatic rings. The Kier molecular flexibility index (Phi) is 4.96. The van der Waals surface area contributed by atoms with E-state index in [0.29, 0.717) is 18.0 Å². The summed E-state index contributed by atoms with van der Waals surface area (Å²) in [5.41, 5.74) is 6.13. The lowest BCUT2D eigenvalue weighted by molar-refractivity contribution is 0.135. The van der Waals surface area contributed by atoms with Gasteiger partial charge in [-0.3, -0.25) is 4.90 Å². The summed E-state index contributed by atoms with van der Waals surface area (Å²) in [5, 5.41) is 2.12. The van der Waals surface area contributed by atoms with Gasteiger partial charge in [-0.2, -0.15) is 0 Å². The van der Waals surface area contributed by atoms with Crippen LogP contribution in [-0.4, -0.2) is 24.0 Å². The maximum atomic E-state index is 6.13. The van der Waals surface area contributed by atoms with E-state index in [1.54, 1.807) is 11.3 Å². The highest BCUT2D eigenvalue weighted by molar-refractivity contribution is 7.10. The van der Waals surface area contributed by atoms with Crippen LogP contribution in [0, 0.1) is 5.92 Å². The number of thiophene rings is 1. The van der Waals surface area contributed by atoms with E-state index in [-0.39, 0.29) is 6.04 Å². The maximum absolute atomic E-state index is 6.13. The third-order valence-corrected chi connectivity index (χ3v) is 4.32. The van der Waals surface area contributed by atoms with Gasteiger partial charge in [0.15, 0.2) is 0 Å². The Bertz CT molecular complexity index is 293. The molecule has 1 rings (SSSR count). The molecule has 0 aliphatic rings. The topological polar surface area (TPSA) is 29.3 Å². The Morgan fingerprint density at radius 2 is 1.88 bits per heavy atom. The van der Waals surface area contributed by atoms with Gasteiger partial charge in [0, 0.05) is 17.0 Å². The van der Waals surface area contributed by atoms with Crippen molar-refractivity contribution in [3.05, 3.63) is 22.4 Å². The fourth-order valence-electron chi connectivity index (χ4n) is 2.01. The second-order valence-electron chi connectivity index (χ2n) is 4.97. The molecule has 1 aromatic heterocycles. The van der Waals surface area contributed by atoms with E-state index in [4.69, 9.17) is 5.73 Å². The lowest BCUT2D eigenvalue weighted by Crippen LogP contribution is -2.43. The van der Waals surface area contributed by atoms with Crippen LogP contribution in [0.4, 0.5) is 0 Å². The molecule has 0 fully saturated rings. The predicted octanol–water partition coefficient (Wildman–Crippen LogP) is 3.11. The summed E-state index contributed by atoms with van der Waals surface area (Å²) >= 11 is 1.80. The molecule has 3 heteroatoms. The third-order valence-electron chi connectivity index (χ3n) is 3.38. The van der Waals surface area contributed by atoms with Gasteiger partial charge in [0.2, 0.25) is 0 Å². The van der Waals surface area contributed by atoms with Gasteiger partial charge in [-0.1, -0.05) is 19.9 Å². The second kappa shape index (κ2) is 5.80. The van der Waals surface area contributed by atoms with Crippen molar-refractivity contribution in [1.82, 2.24) is 4.90 Å². The fourth-order valence-corrected chi connectivity index (χ4v) is 3.01. The van der Waals surface area contributed by atoms with Gasteiger partial charge in [0.25, 0.3) is 0 Å². The van der Waals surface area contributed by atoms with Crippen LogP contribution < -0.4 is 5.73 Å². The average molecular weight is 240 g/mol. The summed E-state index contributed by atoms with van der Waals surface area (Å²) in [4.78, 5) is 3.77. The molecule has 1 heterocycles. The molecule has 0 spiro atoms. The molecule has 92 valence electrons. The molecular weight excluding hydrogens is 216 g/mol. The molecule has 3 unspecified atom stereocenters. The van der Waals surface area contributed by atoms with Crippen molar-refractivity contribution in [3.63, 3.8) is 0 Å². The van der Waals surface area contributed by atoms with Gasteiger partial charge in [-0.25, -0.2) is 0 Å². The normalized spacial score (nSPS) is 17.8. The van der Waals surface area contributed by atoms with Gasteiger partial charge >= 0.3 is 0 Å². The monoisotopic (exact) mass is 240 g/mol. The minimum absolute atomic E-state index is 0.157. The van der Waals surface area contributed by atoms with Crippen molar-refractivity contribution in [2.24, 2.45) is 11.7 Å². The van der Waals surface area contributed by atoms with Gasteiger partial charge in [0.05, 0.1) is 6.04 Å².